The van der Waals surface area contributed by atoms with Crippen molar-refractivity contribution >= 4 is 29.0 Å². The third-order valence-electron chi connectivity index (χ3n) is 7.40. The minimum atomic E-state index is -0.340. The summed E-state index contributed by atoms with van der Waals surface area (Å²) in [5.74, 6) is 19.2. The highest BCUT2D eigenvalue weighted by molar-refractivity contribution is 6.09. The number of urea groups is 1. The van der Waals surface area contributed by atoms with E-state index in [2.05, 4.69) is 5.32 Å². The average molecular weight is 522 g/mol. The number of Topliss-reactive ketones (excluding diaryl/α,β-unsaturated/α-hetero) is 1. The summed E-state index contributed by atoms with van der Waals surface area (Å²) in [6, 6.07) is -0.154. The van der Waals surface area contributed by atoms with Crippen molar-refractivity contribution in [3.63, 3.8) is 0 Å². The van der Waals surface area contributed by atoms with Crippen LogP contribution < -0.4 is 27.9 Å². The van der Waals surface area contributed by atoms with Gasteiger partial charge < -0.3 is 21.0 Å². The van der Waals surface area contributed by atoms with E-state index in [1.54, 1.807) is 11.0 Å². The standard InChI is InChI=1S/C26H35N9O3/c1-17(36)33(27)22-14-18(10-11-30-22)24-25(34(28)19-8-4-2-5-9-19)23-20(35(24)29)15-32(16-21(23)37)26(38)31-12-6-3-7-13-31/h4,8-10,14,30H,2-3,5-7,11-13,15-16,27-29H2,1H3. The zero-order chi connectivity index (χ0) is 27.0. The van der Waals surface area contributed by atoms with Crippen LogP contribution in [0, 0.1) is 0 Å². The molecule has 0 atom stereocenters. The summed E-state index contributed by atoms with van der Waals surface area (Å²) in [7, 11) is 0. The molecule has 0 aromatic carbocycles. The first kappa shape index (κ1) is 25.6. The van der Waals surface area contributed by atoms with Gasteiger partial charge in [0.2, 0.25) is 5.91 Å². The van der Waals surface area contributed by atoms with Crippen LogP contribution in [0.3, 0.4) is 0 Å². The average Bonchev–Trinajstić information content (AvgIpc) is 3.25. The fourth-order valence-electron chi connectivity index (χ4n) is 5.41. The van der Waals surface area contributed by atoms with Gasteiger partial charge in [0, 0.05) is 32.1 Å². The lowest BCUT2D eigenvalue weighted by Gasteiger charge is -2.34. The van der Waals surface area contributed by atoms with Crippen molar-refractivity contribution in [2.45, 2.75) is 45.6 Å². The van der Waals surface area contributed by atoms with Crippen molar-refractivity contribution in [3.05, 3.63) is 58.8 Å². The number of nitrogens with two attached hydrogens (primary N) is 3. The number of dihydropyridines is 1. The van der Waals surface area contributed by atoms with Crippen molar-refractivity contribution in [3.8, 4) is 0 Å². The Hall–Kier alpha value is -4.03. The molecular formula is C26H35N9O3. The van der Waals surface area contributed by atoms with Gasteiger partial charge in [-0.1, -0.05) is 18.2 Å². The molecule has 38 heavy (non-hydrogen) atoms. The van der Waals surface area contributed by atoms with E-state index in [9.17, 15) is 14.4 Å². The molecular weight excluding hydrogens is 486 g/mol. The van der Waals surface area contributed by atoms with Gasteiger partial charge in [-0.3, -0.25) is 19.3 Å². The Balaban J connectivity index is 1.60. The number of amides is 3. The minimum absolute atomic E-state index is 0.0515. The van der Waals surface area contributed by atoms with Crippen molar-refractivity contribution in [2.24, 2.45) is 11.7 Å². The van der Waals surface area contributed by atoms with Gasteiger partial charge >= 0.3 is 6.03 Å². The fraction of sp³-hybridized carbons (Fsp3) is 0.423. The number of hydrazine groups is 2. The summed E-state index contributed by atoms with van der Waals surface area (Å²) in [4.78, 5) is 42.2. The molecule has 1 fully saturated rings. The number of likely N-dealkylation sites (tertiary alicyclic amines) is 1. The van der Waals surface area contributed by atoms with E-state index in [1.807, 2.05) is 29.2 Å². The van der Waals surface area contributed by atoms with E-state index in [1.165, 1.54) is 16.6 Å². The smallest absolute Gasteiger partial charge is 0.320 e. The molecule has 3 amide bonds. The molecule has 202 valence electrons. The van der Waals surface area contributed by atoms with E-state index >= 15 is 0 Å². The van der Waals surface area contributed by atoms with Gasteiger partial charge in [0.25, 0.3) is 0 Å². The highest BCUT2D eigenvalue weighted by Gasteiger charge is 2.38. The number of rotatable bonds is 4. The second-order valence-electron chi connectivity index (χ2n) is 9.94. The summed E-state index contributed by atoms with van der Waals surface area (Å²) < 4.78 is 1.45. The number of nitrogens with one attached hydrogen (secondary N) is 1. The van der Waals surface area contributed by atoms with Crippen LogP contribution in [-0.2, 0) is 11.3 Å². The highest BCUT2D eigenvalue weighted by Crippen LogP contribution is 2.40. The number of anilines is 1. The molecule has 0 bridgehead atoms. The Morgan fingerprint density at radius 2 is 1.79 bits per heavy atom. The number of ketones is 1. The highest BCUT2D eigenvalue weighted by atomic mass is 16.2. The van der Waals surface area contributed by atoms with Crippen molar-refractivity contribution in [1.29, 1.82) is 0 Å². The molecule has 7 N–H and O–H groups in total. The fourth-order valence-corrected chi connectivity index (χ4v) is 5.41. The maximum absolute atomic E-state index is 13.7. The number of nitrogen functional groups attached to an aromatic ring is 1. The van der Waals surface area contributed by atoms with E-state index in [-0.39, 0.29) is 30.8 Å². The number of carbonyl (C=O) groups excluding carboxylic acids is 3. The lowest BCUT2D eigenvalue weighted by molar-refractivity contribution is -0.127. The van der Waals surface area contributed by atoms with Crippen LogP contribution in [0.5, 0.6) is 0 Å². The van der Waals surface area contributed by atoms with Crippen molar-refractivity contribution in [2.75, 3.05) is 37.0 Å². The van der Waals surface area contributed by atoms with Gasteiger partial charge in [-0.15, -0.1) is 0 Å². The van der Waals surface area contributed by atoms with E-state index in [0.717, 1.165) is 42.8 Å². The van der Waals surface area contributed by atoms with Crippen molar-refractivity contribution < 1.29 is 14.4 Å². The molecule has 1 aromatic rings. The number of aromatic nitrogens is 1. The van der Waals surface area contributed by atoms with Crippen LogP contribution >= 0.6 is 0 Å². The number of piperidine rings is 1. The third-order valence-corrected chi connectivity index (χ3v) is 7.40. The van der Waals surface area contributed by atoms with Gasteiger partial charge in [-0.2, -0.15) is 0 Å². The number of hydrogen-bond donors (Lipinski definition) is 4. The van der Waals surface area contributed by atoms with Crippen LogP contribution in [-0.4, -0.2) is 63.4 Å². The maximum Gasteiger partial charge on any atom is 0.320 e. The Labute approximate surface area is 221 Å². The van der Waals surface area contributed by atoms with Crippen LogP contribution in [0.25, 0.3) is 5.57 Å². The largest absolute Gasteiger partial charge is 0.367 e. The molecule has 0 unspecified atom stereocenters. The molecule has 12 nitrogen and oxygen atoms in total. The zero-order valence-electron chi connectivity index (χ0n) is 21.7. The van der Waals surface area contributed by atoms with Crippen molar-refractivity contribution in [1.82, 2.24) is 24.8 Å². The monoisotopic (exact) mass is 521 g/mol. The van der Waals surface area contributed by atoms with Gasteiger partial charge in [0.1, 0.15) is 5.82 Å². The van der Waals surface area contributed by atoms with Gasteiger partial charge in [0.05, 0.1) is 41.4 Å². The zero-order valence-corrected chi connectivity index (χ0v) is 21.7. The first-order chi connectivity index (χ1) is 18.3. The van der Waals surface area contributed by atoms with Crippen LogP contribution in [0.4, 0.5) is 10.5 Å². The van der Waals surface area contributed by atoms with Crippen LogP contribution in [0.15, 0.2) is 41.9 Å². The second-order valence-corrected chi connectivity index (χ2v) is 9.94. The topological polar surface area (TPSA) is 159 Å². The molecule has 12 heteroatoms. The van der Waals surface area contributed by atoms with Gasteiger partial charge in [0.15, 0.2) is 5.78 Å². The molecule has 4 heterocycles. The number of allylic oxidation sites excluding steroid dienone is 5. The van der Waals surface area contributed by atoms with Crippen LogP contribution in [0.2, 0.25) is 0 Å². The first-order valence-electron chi connectivity index (χ1n) is 13.0. The molecule has 0 radical (unpaired) electrons. The predicted molar refractivity (Wildman–Crippen MR) is 144 cm³/mol. The number of fused-ring (bicyclic) bond motifs is 1. The lowest BCUT2D eigenvalue weighted by Crippen LogP contribution is -2.49. The summed E-state index contributed by atoms with van der Waals surface area (Å²) in [5.41, 5.74) is 3.28. The summed E-state index contributed by atoms with van der Waals surface area (Å²) >= 11 is 0. The number of carbonyl (C=O) groups is 3. The molecule has 4 aliphatic rings. The summed E-state index contributed by atoms with van der Waals surface area (Å²) in [6.45, 7) is 3.26. The third kappa shape index (κ3) is 4.56. The SMILES string of the molecule is CC(=O)N(N)C1=CC(c2c(N(N)C3=CCCC=C3)c3c(n2N)CN(C(=O)N2CCCCC2)CC3=O)=CCN1. The molecule has 1 saturated heterocycles. The summed E-state index contributed by atoms with van der Waals surface area (Å²) in [6.07, 6.45) is 14.3. The van der Waals surface area contributed by atoms with Gasteiger partial charge in [-0.25, -0.2) is 21.5 Å². The summed E-state index contributed by atoms with van der Waals surface area (Å²) in [5, 5.41) is 5.60. The molecule has 5 rings (SSSR count). The normalized spacial score (nSPS) is 19.2. The minimum Gasteiger partial charge on any atom is -0.367 e. The molecule has 0 saturated carbocycles. The van der Waals surface area contributed by atoms with E-state index in [0.29, 0.717) is 53.7 Å². The Bertz CT molecular complexity index is 1280. The van der Waals surface area contributed by atoms with E-state index in [4.69, 9.17) is 17.5 Å². The maximum atomic E-state index is 13.7. The molecule has 1 aromatic heterocycles. The number of hydrogen-bond acceptors (Lipinski definition) is 8. The molecule has 3 aliphatic heterocycles. The van der Waals surface area contributed by atoms with Crippen LogP contribution in [0.1, 0.15) is 60.8 Å². The molecule has 0 spiro atoms. The Morgan fingerprint density at radius 3 is 2.47 bits per heavy atom. The number of nitrogens with zero attached hydrogens (tertiary/aromatic N) is 5. The second kappa shape index (κ2) is 10.4. The Morgan fingerprint density at radius 1 is 1.03 bits per heavy atom. The molecule has 1 aliphatic carbocycles. The Kier molecular flexibility index (Phi) is 7.00. The predicted octanol–water partition coefficient (Wildman–Crippen LogP) is 1.27. The van der Waals surface area contributed by atoms with E-state index < -0.39 is 0 Å². The lowest BCUT2D eigenvalue weighted by atomic mass is 10.0. The quantitative estimate of drug-likeness (QED) is 0.262. The first-order valence-corrected chi connectivity index (χ1v) is 13.0. The van der Waals surface area contributed by atoms with Gasteiger partial charge in [-0.05, 0) is 44.3 Å².